The predicted octanol–water partition coefficient (Wildman–Crippen LogP) is 1.13. The summed E-state index contributed by atoms with van der Waals surface area (Å²) in [5.41, 5.74) is 4.31. The Balaban J connectivity index is 2.40. The van der Waals surface area contributed by atoms with Crippen molar-refractivity contribution in [2.45, 2.75) is 6.92 Å². The first-order valence-electron chi connectivity index (χ1n) is 4.52. The molecule has 15 heavy (non-hydrogen) atoms. The topological polar surface area (TPSA) is 76.7 Å². The average molecular weight is 201 g/mol. The predicted molar refractivity (Wildman–Crippen MR) is 57.8 cm³/mol. The van der Waals surface area contributed by atoms with Gasteiger partial charge in [0.15, 0.2) is 5.82 Å². The van der Waals surface area contributed by atoms with E-state index in [2.05, 4.69) is 20.4 Å². The Morgan fingerprint density at radius 1 is 1.20 bits per heavy atom. The van der Waals surface area contributed by atoms with Crippen molar-refractivity contribution in [1.29, 1.82) is 0 Å². The van der Waals surface area contributed by atoms with Crippen LogP contribution in [0.3, 0.4) is 0 Å². The molecular weight excluding hydrogens is 190 g/mol. The lowest BCUT2D eigenvalue weighted by molar-refractivity contribution is 1.11. The smallest absolute Gasteiger partial charge is 0.180 e. The monoisotopic (exact) mass is 201 g/mol. The van der Waals surface area contributed by atoms with E-state index in [1.807, 2.05) is 19.1 Å². The molecule has 0 saturated carbocycles. The number of hydrazine groups is 1. The number of nitrogens with one attached hydrogen (secondary N) is 1. The molecule has 0 saturated heterocycles. The van der Waals surface area contributed by atoms with Crippen LogP contribution in [0.15, 0.2) is 30.6 Å². The lowest BCUT2D eigenvalue weighted by atomic mass is 10.2. The maximum Gasteiger partial charge on any atom is 0.180 e. The third kappa shape index (κ3) is 2.08. The van der Waals surface area contributed by atoms with Crippen molar-refractivity contribution in [3.8, 4) is 11.5 Å². The van der Waals surface area contributed by atoms with Gasteiger partial charge in [0.2, 0.25) is 0 Å². The van der Waals surface area contributed by atoms with Gasteiger partial charge in [0, 0.05) is 18.5 Å². The molecule has 0 spiro atoms. The molecule has 0 radical (unpaired) electrons. The molecule has 0 aromatic carbocycles. The maximum absolute atomic E-state index is 5.26. The summed E-state index contributed by atoms with van der Waals surface area (Å²) in [6, 6.07) is 5.54. The molecule has 0 bridgehead atoms. The summed E-state index contributed by atoms with van der Waals surface area (Å²) in [7, 11) is 0. The Bertz CT molecular complexity index is 452. The molecule has 0 fully saturated rings. The third-order valence-corrected chi connectivity index (χ3v) is 1.94. The van der Waals surface area contributed by atoms with Crippen LogP contribution in [0, 0.1) is 6.92 Å². The van der Waals surface area contributed by atoms with Crippen LogP contribution in [0.25, 0.3) is 11.5 Å². The molecular formula is C10H11N5. The van der Waals surface area contributed by atoms with Crippen LogP contribution in [0.5, 0.6) is 0 Å². The molecule has 0 aliphatic carbocycles. The molecule has 5 heteroatoms. The van der Waals surface area contributed by atoms with E-state index in [4.69, 9.17) is 5.84 Å². The minimum absolute atomic E-state index is 0.561. The van der Waals surface area contributed by atoms with Crippen molar-refractivity contribution in [2.24, 2.45) is 5.84 Å². The van der Waals surface area contributed by atoms with E-state index in [1.165, 1.54) is 0 Å². The lowest BCUT2D eigenvalue weighted by Crippen LogP contribution is -2.09. The van der Waals surface area contributed by atoms with Gasteiger partial charge in [-0.05, 0) is 18.6 Å². The molecule has 2 heterocycles. The fourth-order valence-corrected chi connectivity index (χ4v) is 1.16. The Morgan fingerprint density at radius 3 is 2.73 bits per heavy atom. The highest BCUT2D eigenvalue weighted by Crippen LogP contribution is 2.13. The first-order chi connectivity index (χ1) is 7.29. The van der Waals surface area contributed by atoms with Crippen molar-refractivity contribution < 1.29 is 0 Å². The molecule has 2 aromatic rings. The summed E-state index contributed by atoms with van der Waals surface area (Å²) in [5, 5.41) is 0. The number of nitrogen functional groups attached to an aromatic ring is 1. The van der Waals surface area contributed by atoms with Crippen LogP contribution in [-0.4, -0.2) is 15.0 Å². The van der Waals surface area contributed by atoms with Crippen molar-refractivity contribution in [1.82, 2.24) is 15.0 Å². The molecule has 3 N–H and O–H groups in total. The highest BCUT2D eigenvalue weighted by atomic mass is 15.3. The summed E-state index contributed by atoms with van der Waals surface area (Å²) < 4.78 is 0. The summed E-state index contributed by atoms with van der Waals surface area (Å²) in [5.74, 6) is 6.39. The van der Waals surface area contributed by atoms with Crippen LogP contribution in [0.1, 0.15) is 5.56 Å². The van der Waals surface area contributed by atoms with Gasteiger partial charge in [-0.3, -0.25) is 4.98 Å². The van der Waals surface area contributed by atoms with Crippen LogP contribution in [-0.2, 0) is 0 Å². The second kappa shape index (κ2) is 4.02. The molecule has 5 nitrogen and oxygen atoms in total. The number of hydrogen-bond acceptors (Lipinski definition) is 5. The number of pyridine rings is 1. The van der Waals surface area contributed by atoms with Gasteiger partial charge in [0.05, 0.1) is 0 Å². The van der Waals surface area contributed by atoms with Crippen LogP contribution >= 0.6 is 0 Å². The number of nitrogens with two attached hydrogens (primary N) is 1. The van der Waals surface area contributed by atoms with E-state index >= 15 is 0 Å². The summed E-state index contributed by atoms with van der Waals surface area (Å²) in [6.07, 6.45) is 3.42. The number of anilines is 1. The van der Waals surface area contributed by atoms with Gasteiger partial charge in [0.25, 0.3) is 0 Å². The summed E-state index contributed by atoms with van der Waals surface area (Å²) in [6.45, 7) is 1.98. The molecule has 0 aliphatic heterocycles. The summed E-state index contributed by atoms with van der Waals surface area (Å²) >= 11 is 0. The van der Waals surface area contributed by atoms with E-state index in [0.29, 0.717) is 11.6 Å². The normalized spacial score (nSPS) is 10.0. The zero-order valence-electron chi connectivity index (χ0n) is 8.31. The molecule has 2 aromatic heterocycles. The van der Waals surface area contributed by atoms with Gasteiger partial charge >= 0.3 is 0 Å². The van der Waals surface area contributed by atoms with Gasteiger partial charge in [-0.15, -0.1) is 0 Å². The van der Waals surface area contributed by atoms with Crippen molar-refractivity contribution >= 4 is 5.82 Å². The van der Waals surface area contributed by atoms with Crippen LogP contribution in [0.4, 0.5) is 5.82 Å². The minimum atomic E-state index is 0.561. The minimum Gasteiger partial charge on any atom is -0.308 e. The van der Waals surface area contributed by atoms with E-state index in [9.17, 15) is 0 Å². The van der Waals surface area contributed by atoms with Crippen molar-refractivity contribution in [3.63, 3.8) is 0 Å². The first kappa shape index (κ1) is 9.54. The van der Waals surface area contributed by atoms with Crippen LogP contribution in [0.2, 0.25) is 0 Å². The number of hydrogen-bond donors (Lipinski definition) is 2. The third-order valence-electron chi connectivity index (χ3n) is 1.94. The second-order valence-electron chi connectivity index (χ2n) is 3.13. The molecule has 0 unspecified atom stereocenters. The molecule has 0 amide bonds. The van der Waals surface area contributed by atoms with Crippen LogP contribution < -0.4 is 11.3 Å². The molecule has 2 rings (SSSR count). The highest BCUT2D eigenvalue weighted by Gasteiger charge is 2.02. The SMILES string of the molecule is Cc1ccc(-c2nccc(NN)n2)nc1. The maximum atomic E-state index is 5.26. The fourth-order valence-electron chi connectivity index (χ4n) is 1.16. The van der Waals surface area contributed by atoms with Gasteiger partial charge in [0.1, 0.15) is 11.5 Å². The fraction of sp³-hybridized carbons (Fsp3) is 0.100. The number of aromatic nitrogens is 3. The molecule has 0 aliphatic rings. The van der Waals surface area contributed by atoms with Gasteiger partial charge in [-0.2, -0.15) is 0 Å². The quantitative estimate of drug-likeness (QED) is 0.562. The Labute approximate surface area is 87.4 Å². The Kier molecular flexibility index (Phi) is 2.55. The standard InChI is InChI=1S/C10H11N5/c1-7-2-3-8(13-6-7)10-12-5-4-9(14-10)15-11/h2-6H,11H2,1H3,(H,12,14,15). The van der Waals surface area contributed by atoms with E-state index in [0.717, 1.165) is 11.3 Å². The molecule has 76 valence electrons. The Hall–Kier alpha value is -2.01. The number of nitrogens with zero attached hydrogens (tertiary/aromatic N) is 3. The average Bonchev–Trinajstić information content (AvgIpc) is 2.30. The highest BCUT2D eigenvalue weighted by molar-refractivity contribution is 5.51. The largest absolute Gasteiger partial charge is 0.308 e. The number of aryl methyl sites for hydroxylation is 1. The first-order valence-corrected chi connectivity index (χ1v) is 4.52. The van der Waals surface area contributed by atoms with E-state index in [-0.39, 0.29) is 0 Å². The molecule has 0 atom stereocenters. The van der Waals surface area contributed by atoms with Crippen molar-refractivity contribution in [3.05, 3.63) is 36.2 Å². The van der Waals surface area contributed by atoms with Crippen molar-refractivity contribution in [2.75, 3.05) is 5.43 Å². The number of rotatable bonds is 2. The van der Waals surface area contributed by atoms with Gasteiger partial charge < -0.3 is 5.43 Å². The zero-order chi connectivity index (χ0) is 10.7. The van der Waals surface area contributed by atoms with Gasteiger partial charge in [-0.1, -0.05) is 6.07 Å². The van der Waals surface area contributed by atoms with Gasteiger partial charge in [-0.25, -0.2) is 15.8 Å². The summed E-state index contributed by atoms with van der Waals surface area (Å²) in [4.78, 5) is 12.5. The second-order valence-corrected chi connectivity index (χ2v) is 3.13. The van der Waals surface area contributed by atoms with E-state index in [1.54, 1.807) is 18.5 Å². The van der Waals surface area contributed by atoms with E-state index < -0.39 is 0 Å². The Morgan fingerprint density at radius 2 is 2.07 bits per heavy atom. The lowest BCUT2D eigenvalue weighted by Gasteiger charge is -2.02. The zero-order valence-corrected chi connectivity index (χ0v) is 8.31.